The molecule has 0 aliphatic carbocycles. The van der Waals surface area contributed by atoms with Crippen molar-refractivity contribution >= 4 is 91.6 Å². The molecule has 12 heteroatoms. The average Bonchev–Trinajstić information content (AvgIpc) is 3.57. The van der Waals surface area contributed by atoms with Crippen molar-refractivity contribution in [3.05, 3.63) is 62.7 Å². The maximum absolute atomic E-state index is 12.8. The summed E-state index contributed by atoms with van der Waals surface area (Å²) in [6.45, 7) is 3.04. The fourth-order valence-electron chi connectivity index (χ4n) is 3.52. The van der Waals surface area contributed by atoms with E-state index in [1.165, 1.54) is 12.1 Å². The number of hydrazone groups is 1. The second kappa shape index (κ2) is 11.7. The third kappa shape index (κ3) is 6.42. The Bertz CT molecular complexity index is 1250. The van der Waals surface area contributed by atoms with Crippen LogP contribution >= 0.6 is 22.7 Å². The van der Waals surface area contributed by atoms with Gasteiger partial charge in [0.25, 0.3) is 11.8 Å². The second-order valence-electron chi connectivity index (χ2n) is 7.70. The maximum Gasteiger partial charge on any atom is 0.416 e. The molecule has 1 aliphatic heterocycles. The van der Waals surface area contributed by atoms with E-state index in [-0.39, 0.29) is 63.0 Å². The van der Waals surface area contributed by atoms with Gasteiger partial charge in [-0.1, -0.05) is 12.1 Å². The van der Waals surface area contributed by atoms with Gasteiger partial charge in [0, 0.05) is 69.9 Å². The van der Waals surface area contributed by atoms with Crippen molar-refractivity contribution in [1.29, 1.82) is 0 Å². The van der Waals surface area contributed by atoms with Gasteiger partial charge in [0.15, 0.2) is 0 Å². The van der Waals surface area contributed by atoms with Gasteiger partial charge < -0.3 is 10.0 Å². The van der Waals surface area contributed by atoms with Gasteiger partial charge in [-0.3, -0.25) is 9.59 Å². The first-order valence-corrected chi connectivity index (χ1v) is 12.1. The van der Waals surface area contributed by atoms with Gasteiger partial charge >= 0.3 is 6.18 Å². The van der Waals surface area contributed by atoms with Gasteiger partial charge in [-0.15, -0.1) is 22.7 Å². The van der Waals surface area contributed by atoms with E-state index >= 15 is 0 Å². The summed E-state index contributed by atoms with van der Waals surface area (Å²) in [4.78, 5) is 27.9. The number of thiophene rings is 2. The summed E-state index contributed by atoms with van der Waals surface area (Å²) in [5, 5.41) is 16.2. The van der Waals surface area contributed by atoms with Crippen molar-refractivity contribution < 1.29 is 27.9 Å². The van der Waals surface area contributed by atoms with E-state index in [1.54, 1.807) is 29.3 Å². The number of aromatic hydroxyl groups is 1. The molecule has 35 heavy (non-hydrogen) atoms. The largest absolute Gasteiger partial charge is 0.506 e. The Morgan fingerprint density at radius 1 is 1.06 bits per heavy atom. The van der Waals surface area contributed by atoms with E-state index in [2.05, 4.69) is 10.5 Å². The van der Waals surface area contributed by atoms with Gasteiger partial charge in [-0.2, -0.15) is 18.3 Å². The molecule has 179 valence electrons. The molecular weight excluding hydrogens is 526 g/mol. The number of hydrogen-bond acceptors (Lipinski definition) is 6. The third-order valence-electron chi connectivity index (χ3n) is 5.39. The predicted octanol–water partition coefficient (Wildman–Crippen LogP) is 5.21. The molecule has 0 atom stereocenters. The Morgan fingerprint density at radius 3 is 2.31 bits per heavy atom. The molecule has 0 bridgehead atoms. The monoisotopic (exact) mass is 546 g/mol. The molecule has 2 N–H and O–H groups in total. The van der Waals surface area contributed by atoms with E-state index in [0.717, 1.165) is 60.7 Å². The molecule has 6 nitrogen and oxygen atoms in total. The first kappa shape index (κ1) is 28.0. The molecule has 4 rings (SSSR count). The Labute approximate surface area is 250 Å². The molecule has 0 spiro atoms. The van der Waals surface area contributed by atoms with Crippen LogP contribution in [0.5, 0.6) is 5.75 Å². The number of halogens is 3. The van der Waals surface area contributed by atoms with Gasteiger partial charge in [0.1, 0.15) is 5.75 Å². The third-order valence-corrected chi connectivity index (χ3v) is 7.48. The van der Waals surface area contributed by atoms with Crippen LogP contribution in [0.25, 0.3) is 10.4 Å². The molecule has 2 aromatic heterocycles. The first-order valence-electron chi connectivity index (χ1n) is 10.4. The first-order chi connectivity index (χ1) is 16.1. The van der Waals surface area contributed by atoms with Crippen LogP contribution in [0.3, 0.4) is 0 Å². The van der Waals surface area contributed by atoms with Crippen LogP contribution in [-0.2, 0) is 6.18 Å². The molecule has 1 aliphatic rings. The SMILES string of the molecule is CC(=NNC(=O)c1ccc(C(=O)N2CCCC2)s1)c1csc(-c2ccc(C(F)(F)F)cc2)c1O.[K]. The fraction of sp³-hybridized carbons (Fsp3) is 0.261. The summed E-state index contributed by atoms with van der Waals surface area (Å²) in [5.41, 5.74) is 2.77. The number of amides is 2. The van der Waals surface area contributed by atoms with Gasteiger partial charge in [0.05, 0.1) is 31.5 Å². The van der Waals surface area contributed by atoms with Crippen LogP contribution in [0, 0.1) is 0 Å². The molecule has 1 aromatic carbocycles. The summed E-state index contributed by atoms with van der Waals surface area (Å²) in [6.07, 6.45) is -2.48. The normalized spacial score (nSPS) is 14.1. The summed E-state index contributed by atoms with van der Waals surface area (Å²) in [7, 11) is 0. The van der Waals surface area contributed by atoms with Gasteiger partial charge in [-0.25, -0.2) is 5.43 Å². The number of benzene rings is 1. The zero-order valence-corrected chi connectivity index (χ0v) is 23.7. The van der Waals surface area contributed by atoms with Crippen LogP contribution in [0.15, 0.2) is 46.9 Å². The topological polar surface area (TPSA) is 82.0 Å². The number of hydrogen-bond donors (Lipinski definition) is 2. The number of rotatable bonds is 5. The molecule has 0 saturated carbocycles. The van der Waals surface area contributed by atoms with Crippen molar-refractivity contribution in [2.75, 3.05) is 13.1 Å². The molecular formula is C23H20F3KN3O3S2. The van der Waals surface area contributed by atoms with Gasteiger partial charge in [-0.05, 0) is 49.6 Å². The van der Waals surface area contributed by atoms with Crippen molar-refractivity contribution in [1.82, 2.24) is 10.3 Å². The van der Waals surface area contributed by atoms with E-state index in [0.29, 0.717) is 31.5 Å². The fourth-order valence-corrected chi connectivity index (χ4v) is 5.40. The second-order valence-corrected chi connectivity index (χ2v) is 9.67. The van der Waals surface area contributed by atoms with Crippen LogP contribution < -0.4 is 5.43 Å². The molecule has 3 heterocycles. The number of carbonyl (C=O) groups is 2. The quantitative estimate of drug-likeness (QED) is 0.262. The standard InChI is InChI=1S/C23H20F3N3O3S2.K/c1-13(16-12-33-20(19(16)30)14-4-6-15(7-5-14)23(24,25)26)27-28-21(31)17-8-9-18(34-17)22(32)29-10-2-3-11-29;/h4-9,12,30H,2-3,10-11H2,1H3,(H,28,31);. The van der Waals surface area contributed by atoms with Crippen LogP contribution in [0.1, 0.15) is 50.2 Å². The van der Waals surface area contributed by atoms with E-state index < -0.39 is 17.6 Å². The number of nitrogens with zero attached hydrogens (tertiary/aromatic N) is 2. The number of alkyl halides is 3. The number of nitrogens with one attached hydrogen (secondary N) is 1. The molecule has 1 radical (unpaired) electrons. The Morgan fingerprint density at radius 2 is 1.69 bits per heavy atom. The Hall–Kier alpha value is -1.54. The minimum Gasteiger partial charge on any atom is -0.506 e. The van der Waals surface area contributed by atoms with E-state index in [9.17, 15) is 27.9 Å². The summed E-state index contributed by atoms with van der Waals surface area (Å²) >= 11 is 2.25. The Kier molecular flexibility index (Phi) is 9.35. The van der Waals surface area contributed by atoms with E-state index in [4.69, 9.17) is 0 Å². The van der Waals surface area contributed by atoms with Crippen molar-refractivity contribution in [2.45, 2.75) is 25.9 Å². The Balaban J connectivity index is 0.00000342. The molecule has 0 unspecified atom stereocenters. The minimum absolute atomic E-state index is 0. The zero-order chi connectivity index (χ0) is 24.5. The summed E-state index contributed by atoms with van der Waals surface area (Å²) < 4.78 is 38.3. The maximum atomic E-state index is 12.8. The van der Waals surface area contributed by atoms with Crippen LogP contribution in [0.4, 0.5) is 13.2 Å². The van der Waals surface area contributed by atoms with Crippen molar-refractivity contribution in [3.63, 3.8) is 0 Å². The molecule has 2 amide bonds. The summed E-state index contributed by atoms with van der Waals surface area (Å²) in [5.74, 6) is -0.697. The van der Waals surface area contributed by atoms with Crippen LogP contribution in [0.2, 0.25) is 0 Å². The van der Waals surface area contributed by atoms with Crippen molar-refractivity contribution in [3.8, 4) is 16.2 Å². The molecule has 1 saturated heterocycles. The van der Waals surface area contributed by atoms with Gasteiger partial charge in [0.2, 0.25) is 0 Å². The van der Waals surface area contributed by atoms with Crippen molar-refractivity contribution in [2.24, 2.45) is 5.10 Å². The average molecular weight is 547 g/mol. The smallest absolute Gasteiger partial charge is 0.416 e. The molecule has 3 aromatic rings. The van der Waals surface area contributed by atoms with E-state index in [1.807, 2.05) is 0 Å². The van der Waals surface area contributed by atoms with Crippen LogP contribution in [-0.4, -0.2) is 92.0 Å². The minimum atomic E-state index is -4.44. The summed E-state index contributed by atoms with van der Waals surface area (Å²) in [6, 6.07) is 7.70. The number of carbonyl (C=O) groups excluding carboxylic acids is 2. The number of likely N-dealkylation sites (tertiary alicyclic amines) is 1. The molecule has 1 fully saturated rings. The zero-order valence-electron chi connectivity index (χ0n) is 19.0. The predicted molar refractivity (Wildman–Crippen MR) is 131 cm³/mol.